The molecule has 1 aliphatic rings. The van der Waals surface area contributed by atoms with Crippen molar-refractivity contribution in [2.75, 3.05) is 18.0 Å². The molecule has 0 aromatic heterocycles. The standard InChI is InChI=1S/C15H23ClN2/c1-15(2)6-3-8-18(9-7-15)14-5-4-13(16)10-12(14)11-17/h4-5,10H,3,6-9,11,17H2,1-2H3. The molecule has 100 valence electrons. The first-order valence-corrected chi connectivity index (χ1v) is 7.13. The summed E-state index contributed by atoms with van der Waals surface area (Å²) >= 11 is 6.04. The van der Waals surface area contributed by atoms with E-state index in [-0.39, 0.29) is 0 Å². The summed E-state index contributed by atoms with van der Waals surface area (Å²) in [6, 6.07) is 6.07. The highest BCUT2D eigenvalue weighted by Crippen LogP contribution is 2.33. The smallest absolute Gasteiger partial charge is 0.0412 e. The Morgan fingerprint density at radius 3 is 2.78 bits per heavy atom. The van der Waals surface area contributed by atoms with Gasteiger partial charge in [-0.15, -0.1) is 0 Å². The van der Waals surface area contributed by atoms with Crippen LogP contribution in [0.4, 0.5) is 5.69 Å². The molecule has 1 saturated heterocycles. The summed E-state index contributed by atoms with van der Waals surface area (Å²) in [6.07, 6.45) is 3.79. The van der Waals surface area contributed by atoms with Crippen LogP contribution in [0.15, 0.2) is 18.2 Å². The average molecular weight is 267 g/mol. The van der Waals surface area contributed by atoms with Gasteiger partial charge in [-0.3, -0.25) is 0 Å². The molecular formula is C15H23ClN2. The number of rotatable bonds is 2. The SMILES string of the molecule is CC1(C)CCCN(c2ccc(Cl)cc2CN)CC1. The Morgan fingerprint density at radius 2 is 2.06 bits per heavy atom. The third-order valence-corrected chi connectivity index (χ3v) is 4.18. The second kappa shape index (κ2) is 5.50. The van der Waals surface area contributed by atoms with Gasteiger partial charge in [-0.25, -0.2) is 0 Å². The third-order valence-electron chi connectivity index (χ3n) is 3.94. The van der Waals surface area contributed by atoms with Crippen molar-refractivity contribution in [1.82, 2.24) is 0 Å². The van der Waals surface area contributed by atoms with Gasteiger partial charge in [0.25, 0.3) is 0 Å². The van der Waals surface area contributed by atoms with Gasteiger partial charge in [0.1, 0.15) is 0 Å². The third kappa shape index (κ3) is 3.18. The fourth-order valence-corrected chi connectivity index (χ4v) is 2.88. The van der Waals surface area contributed by atoms with Crippen LogP contribution in [0.2, 0.25) is 5.02 Å². The van der Waals surface area contributed by atoms with Gasteiger partial charge in [0, 0.05) is 30.3 Å². The zero-order valence-electron chi connectivity index (χ0n) is 11.4. The van der Waals surface area contributed by atoms with Crippen LogP contribution in [0, 0.1) is 5.41 Å². The van der Waals surface area contributed by atoms with Gasteiger partial charge < -0.3 is 10.6 Å². The molecule has 2 rings (SSSR count). The zero-order chi connectivity index (χ0) is 13.2. The second-order valence-electron chi connectivity index (χ2n) is 5.98. The largest absolute Gasteiger partial charge is 0.371 e. The molecule has 18 heavy (non-hydrogen) atoms. The fourth-order valence-electron chi connectivity index (χ4n) is 2.69. The van der Waals surface area contributed by atoms with E-state index in [9.17, 15) is 0 Å². The lowest BCUT2D eigenvalue weighted by molar-refractivity contribution is 0.325. The van der Waals surface area contributed by atoms with E-state index in [1.165, 1.54) is 24.9 Å². The predicted molar refractivity (Wildman–Crippen MR) is 79.2 cm³/mol. The van der Waals surface area contributed by atoms with Gasteiger partial charge in [-0.2, -0.15) is 0 Å². The van der Waals surface area contributed by atoms with Crippen LogP contribution >= 0.6 is 11.6 Å². The van der Waals surface area contributed by atoms with Crippen molar-refractivity contribution in [3.8, 4) is 0 Å². The number of nitrogens with zero attached hydrogens (tertiary/aromatic N) is 1. The van der Waals surface area contributed by atoms with Crippen LogP contribution in [-0.4, -0.2) is 13.1 Å². The van der Waals surface area contributed by atoms with Gasteiger partial charge in [-0.1, -0.05) is 25.4 Å². The molecule has 1 aliphatic heterocycles. The molecule has 2 N–H and O–H groups in total. The monoisotopic (exact) mass is 266 g/mol. The maximum Gasteiger partial charge on any atom is 0.0412 e. The molecule has 0 atom stereocenters. The zero-order valence-corrected chi connectivity index (χ0v) is 12.1. The molecule has 0 amide bonds. The summed E-state index contributed by atoms with van der Waals surface area (Å²) in [5.74, 6) is 0. The highest BCUT2D eigenvalue weighted by Gasteiger charge is 2.23. The summed E-state index contributed by atoms with van der Waals surface area (Å²) in [7, 11) is 0. The number of benzene rings is 1. The average Bonchev–Trinajstić information content (AvgIpc) is 2.50. The van der Waals surface area contributed by atoms with Crippen LogP contribution in [0.1, 0.15) is 38.7 Å². The molecular weight excluding hydrogens is 244 g/mol. The predicted octanol–water partition coefficient (Wildman–Crippen LogP) is 3.82. The van der Waals surface area contributed by atoms with Crippen molar-refractivity contribution in [3.05, 3.63) is 28.8 Å². The maximum absolute atomic E-state index is 6.04. The van der Waals surface area contributed by atoms with E-state index in [1.54, 1.807) is 0 Å². The Hall–Kier alpha value is -0.730. The number of nitrogens with two attached hydrogens (primary N) is 1. The number of hydrogen-bond donors (Lipinski definition) is 1. The van der Waals surface area contributed by atoms with Crippen molar-refractivity contribution in [3.63, 3.8) is 0 Å². The van der Waals surface area contributed by atoms with Gasteiger partial charge in [-0.05, 0) is 48.4 Å². The lowest BCUT2D eigenvalue weighted by Crippen LogP contribution is -2.26. The molecule has 1 fully saturated rings. The van der Waals surface area contributed by atoms with E-state index in [4.69, 9.17) is 17.3 Å². The lowest BCUT2D eigenvalue weighted by atomic mass is 9.85. The van der Waals surface area contributed by atoms with Crippen LogP contribution in [-0.2, 0) is 6.54 Å². The summed E-state index contributed by atoms with van der Waals surface area (Å²) in [5.41, 5.74) is 8.71. The van der Waals surface area contributed by atoms with E-state index in [2.05, 4.69) is 24.8 Å². The van der Waals surface area contributed by atoms with Gasteiger partial charge in [0.2, 0.25) is 0 Å². The molecule has 0 unspecified atom stereocenters. The Balaban J connectivity index is 2.21. The van der Waals surface area contributed by atoms with Crippen molar-refractivity contribution in [2.45, 2.75) is 39.7 Å². The first-order valence-electron chi connectivity index (χ1n) is 6.75. The lowest BCUT2D eigenvalue weighted by Gasteiger charge is -2.26. The first-order chi connectivity index (χ1) is 8.52. The number of hydrogen-bond acceptors (Lipinski definition) is 2. The minimum atomic E-state index is 0.462. The normalized spacial score (nSPS) is 19.7. The Kier molecular flexibility index (Phi) is 4.18. The van der Waals surface area contributed by atoms with E-state index in [0.717, 1.165) is 23.7 Å². The van der Waals surface area contributed by atoms with Crippen LogP contribution < -0.4 is 10.6 Å². The van der Waals surface area contributed by atoms with E-state index in [1.807, 2.05) is 12.1 Å². The van der Waals surface area contributed by atoms with Gasteiger partial charge in [0.05, 0.1) is 0 Å². The minimum Gasteiger partial charge on any atom is -0.371 e. The fraction of sp³-hybridized carbons (Fsp3) is 0.600. The molecule has 2 nitrogen and oxygen atoms in total. The molecule has 0 radical (unpaired) electrons. The van der Waals surface area contributed by atoms with Crippen molar-refractivity contribution < 1.29 is 0 Å². The minimum absolute atomic E-state index is 0.462. The Labute approximate surface area is 115 Å². The van der Waals surface area contributed by atoms with E-state index in [0.29, 0.717) is 12.0 Å². The van der Waals surface area contributed by atoms with Crippen molar-refractivity contribution >= 4 is 17.3 Å². The van der Waals surface area contributed by atoms with E-state index >= 15 is 0 Å². The van der Waals surface area contributed by atoms with Gasteiger partial charge >= 0.3 is 0 Å². The summed E-state index contributed by atoms with van der Waals surface area (Å²) < 4.78 is 0. The molecule has 1 aromatic rings. The van der Waals surface area contributed by atoms with Crippen LogP contribution in [0.25, 0.3) is 0 Å². The summed E-state index contributed by atoms with van der Waals surface area (Å²) in [4.78, 5) is 2.47. The van der Waals surface area contributed by atoms with E-state index < -0.39 is 0 Å². The van der Waals surface area contributed by atoms with Crippen molar-refractivity contribution in [1.29, 1.82) is 0 Å². The first kappa shape index (κ1) is 13.7. The molecule has 0 aliphatic carbocycles. The highest BCUT2D eigenvalue weighted by molar-refractivity contribution is 6.30. The summed E-state index contributed by atoms with van der Waals surface area (Å²) in [5, 5.41) is 0.773. The quantitative estimate of drug-likeness (QED) is 0.882. The molecule has 0 spiro atoms. The maximum atomic E-state index is 6.04. The van der Waals surface area contributed by atoms with Gasteiger partial charge in [0.15, 0.2) is 0 Å². The number of halogens is 1. The number of anilines is 1. The van der Waals surface area contributed by atoms with Crippen LogP contribution in [0.5, 0.6) is 0 Å². The molecule has 3 heteroatoms. The molecule has 0 saturated carbocycles. The topological polar surface area (TPSA) is 29.3 Å². The van der Waals surface area contributed by atoms with Crippen molar-refractivity contribution in [2.24, 2.45) is 11.1 Å². The molecule has 1 heterocycles. The molecule has 1 aromatic carbocycles. The highest BCUT2D eigenvalue weighted by atomic mass is 35.5. The Morgan fingerprint density at radius 1 is 1.28 bits per heavy atom. The molecule has 0 bridgehead atoms. The second-order valence-corrected chi connectivity index (χ2v) is 6.42. The Bertz CT molecular complexity index is 415. The summed E-state index contributed by atoms with van der Waals surface area (Å²) in [6.45, 7) is 7.51. The van der Waals surface area contributed by atoms with Crippen LogP contribution in [0.3, 0.4) is 0 Å².